The fourth-order valence-electron chi connectivity index (χ4n) is 1.71. The first-order chi connectivity index (χ1) is 8.41. The van der Waals surface area contributed by atoms with Crippen LogP contribution in [0.25, 0.3) is 0 Å². The number of hydrogen-bond acceptors (Lipinski definition) is 3. The molecule has 3 heteroatoms. The van der Waals surface area contributed by atoms with Crippen LogP contribution in [-0.2, 0) is 0 Å². The van der Waals surface area contributed by atoms with Crippen LogP contribution in [0, 0.1) is 0 Å². The Morgan fingerprint density at radius 3 is 2.00 bits per heavy atom. The van der Waals surface area contributed by atoms with Gasteiger partial charge in [0.15, 0.2) is 0 Å². The van der Waals surface area contributed by atoms with Crippen LogP contribution in [0.2, 0.25) is 0 Å². The van der Waals surface area contributed by atoms with Gasteiger partial charge in [-0.05, 0) is 45.6 Å². The van der Waals surface area contributed by atoms with E-state index < -0.39 is 0 Å². The van der Waals surface area contributed by atoms with Gasteiger partial charge >= 0.3 is 0 Å². The molecule has 18 heavy (non-hydrogen) atoms. The second-order valence-corrected chi connectivity index (χ2v) is 5.43. The van der Waals surface area contributed by atoms with E-state index in [2.05, 4.69) is 81.4 Å². The van der Waals surface area contributed by atoms with Gasteiger partial charge in [0.1, 0.15) is 0 Å². The molecule has 0 radical (unpaired) electrons. The van der Waals surface area contributed by atoms with E-state index in [1.54, 1.807) is 0 Å². The van der Waals surface area contributed by atoms with Crippen molar-refractivity contribution in [2.75, 3.05) is 39.6 Å². The molecule has 102 valence electrons. The molecular weight excluding hydrogens is 222 g/mol. The van der Waals surface area contributed by atoms with Crippen molar-refractivity contribution in [3.05, 3.63) is 29.8 Å². The van der Waals surface area contributed by atoms with Crippen molar-refractivity contribution in [2.45, 2.75) is 25.9 Å². The van der Waals surface area contributed by atoms with Gasteiger partial charge in [-0.2, -0.15) is 0 Å². The molecule has 0 aliphatic rings. The SMILES string of the molecule is CC(NCC(C)N(C)C)c1ccc(N(C)C)cc1. The van der Waals surface area contributed by atoms with Crippen molar-refractivity contribution in [3.63, 3.8) is 0 Å². The van der Waals surface area contributed by atoms with Crippen molar-refractivity contribution in [1.29, 1.82) is 0 Å². The standard InChI is InChI=1S/C15H27N3/c1-12(17(3)4)11-16-13(2)14-7-9-15(10-8-14)18(5)6/h7-10,12-13,16H,11H2,1-6H3. The Labute approximate surface area is 112 Å². The summed E-state index contributed by atoms with van der Waals surface area (Å²) in [6.45, 7) is 5.45. The van der Waals surface area contributed by atoms with Crippen LogP contribution in [0.15, 0.2) is 24.3 Å². The van der Waals surface area contributed by atoms with Gasteiger partial charge in [0.2, 0.25) is 0 Å². The predicted molar refractivity (Wildman–Crippen MR) is 80.3 cm³/mol. The summed E-state index contributed by atoms with van der Waals surface area (Å²) in [6.07, 6.45) is 0. The molecule has 0 bridgehead atoms. The number of likely N-dealkylation sites (N-methyl/N-ethyl adjacent to an activating group) is 1. The van der Waals surface area contributed by atoms with Crippen LogP contribution >= 0.6 is 0 Å². The highest BCUT2D eigenvalue weighted by Crippen LogP contribution is 2.17. The van der Waals surface area contributed by atoms with E-state index in [-0.39, 0.29) is 0 Å². The molecule has 0 heterocycles. The highest BCUT2D eigenvalue weighted by molar-refractivity contribution is 5.46. The molecule has 1 aromatic carbocycles. The summed E-state index contributed by atoms with van der Waals surface area (Å²) < 4.78 is 0. The van der Waals surface area contributed by atoms with Crippen LogP contribution < -0.4 is 10.2 Å². The Morgan fingerprint density at radius 2 is 1.56 bits per heavy atom. The predicted octanol–water partition coefficient (Wildman–Crippen LogP) is 2.35. The highest BCUT2D eigenvalue weighted by atomic mass is 15.1. The minimum Gasteiger partial charge on any atom is -0.378 e. The Hall–Kier alpha value is -1.06. The molecule has 3 nitrogen and oxygen atoms in total. The van der Waals surface area contributed by atoms with E-state index in [9.17, 15) is 0 Å². The van der Waals surface area contributed by atoms with Crippen LogP contribution in [0.5, 0.6) is 0 Å². The zero-order valence-electron chi connectivity index (χ0n) is 12.6. The van der Waals surface area contributed by atoms with Crippen molar-refractivity contribution in [1.82, 2.24) is 10.2 Å². The Morgan fingerprint density at radius 1 is 1.00 bits per heavy atom. The number of nitrogens with one attached hydrogen (secondary N) is 1. The molecule has 1 rings (SSSR count). The minimum atomic E-state index is 0.392. The molecule has 1 aromatic rings. The topological polar surface area (TPSA) is 18.5 Å². The molecule has 0 spiro atoms. The molecule has 0 aliphatic heterocycles. The maximum Gasteiger partial charge on any atom is 0.0361 e. The molecule has 0 saturated heterocycles. The number of anilines is 1. The first kappa shape index (κ1) is 15.0. The lowest BCUT2D eigenvalue weighted by molar-refractivity contribution is 0.295. The van der Waals surface area contributed by atoms with E-state index >= 15 is 0 Å². The molecule has 2 atom stereocenters. The highest BCUT2D eigenvalue weighted by Gasteiger charge is 2.08. The van der Waals surface area contributed by atoms with Gasteiger partial charge in [-0.25, -0.2) is 0 Å². The van der Waals surface area contributed by atoms with E-state index in [4.69, 9.17) is 0 Å². The van der Waals surface area contributed by atoms with E-state index in [1.165, 1.54) is 11.3 Å². The van der Waals surface area contributed by atoms with E-state index in [1.807, 2.05) is 0 Å². The summed E-state index contributed by atoms with van der Waals surface area (Å²) in [7, 11) is 8.36. The van der Waals surface area contributed by atoms with Crippen molar-refractivity contribution < 1.29 is 0 Å². The van der Waals surface area contributed by atoms with Crippen LogP contribution in [-0.4, -0.2) is 45.7 Å². The van der Waals surface area contributed by atoms with Crippen molar-refractivity contribution in [3.8, 4) is 0 Å². The summed E-state index contributed by atoms with van der Waals surface area (Å²) in [4.78, 5) is 4.35. The van der Waals surface area contributed by atoms with Gasteiger partial charge in [-0.3, -0.25) is 0 Å². The fraction of sp³-hybridized carbons (Fsp3) is 0.600. The molecule has 0 aromatic heterocycles. The lowest BCUT2D eigenvalue weighted by Gasteiger charge is -2.23. The maximum absolute atomic E-state index is 3.57. The lowest BCUT2D eigenvalue weighted by atomic mass is 10.1. The smallest absolute Gasteiger partial charge is 0.0361 e. The van der Waals surface area contributed by atoms with Gasteiger partial charge in [0.05, 0.1) is 0 Å². The van der Waals surface area contributed by atoms with Gasteiger partial charge in [-0.15, -0.1) is 0 Å². The zero-order valence-corrected chi connectivity index (χ0v) is 12.6. The second-order valence-electron chi connectivity index (χ2n) is 5.43. The molecule has 0 fully saturated rings. The largest absolute Gasteiger partial charge is 0.378 e. The third kappa shape index (κ3) is 4.31. The monoisotopic (exact) mass is 249 g/mol. The minimum absolute atomic E-state index is 0.392. The number of benzene rings is 1. The molecule has 0 aliphatic carbocycles. The van der Waals surface area contributed by atoms with Crippen LogP contribution in [0.3, 0.4) is 0 Å². The van der Waals surface area contributed by atoms with E-state index in [0.717, 1.165) is 6.54 Å². The molecule has 0 amide bonds. The van der Waals surface area contributed by atoms with Crippen molar-refractivity contribution >= 4 is 5.69 Å². The summed E-state index contributed by atoms with van der Waals surface area (Å²) in [6, 6.07) is 9.68. The third-order valence-corrected chi connectivity index (χ3v) is 3.51. The van der Waals surface area contributed by atoms with Gasteiger partial charge in [-0.1, -0.05) is 12.1 Å². The average molecular weight is 249 g/mol. The Bertz CT molecular complexity index is 343. The summed E-state index contributed by atoms with van der Waals surface area (Å²) in [5.41, 5.74) is 2.58. The number of rotatable bonds is 6. The third-order valence-electron chi connectivity index (χ3n) is 3.51. The summed E-state index contributed by atoms with van der Waals surface area (Å²) in [5, 5.41) is 3.57. The number of hydrogen-bond donors (Lipinski definition) is 1. The van der Waals surface area contributed by atoms with Crippen molar-refractivity contribution in [2.24, 2.45) is 0 Å². The lowest BCUT2D eigenvalue weighted by Crippen LogP contribution is -2.36. The molecular formula is C15H27N3. The normalized spacial score (nSPS) is 14.6. The van der Waals surface area contributed by atoms with Gasteiger partial charge in [0, 0.05) is 38.4 Å². The Kier molecular flexibility index (Phi) is 5.63. The van der Waals surface area contributed by atoms with Gasteiger partial charge in [0.25, 0.3) is 0 Å². The summed E-state index contributed by atoms with van der Waals surface area (Å²) in [5.74, 6) is 0. The van der Waals surface area contributed by atoms with Gasteiger partial charge < -0.3 is 15.1 Å². The second kappa shape index (κ2) is 6.76. The first-order valence-corrected chi connectivity index (χ1v) is 6.59. The van der Waals surface area contributed by atoms with Crippen LogP contribution in [0.1, 0.15) is 25.5 Å². The Balaban J connectivity index is 2.54. The number of nitrogens with zero attached hydrogens (tertiary/aromatic N) is 2. The maximum atomic E-state index is 3.57. The fourth-order valence-corrected chi connectivity index (χ4v) is 1.71. The van der Waals surface area contributed by atoms with Crippen LogP contribution in [0.4, 0.5) is 5.69 Å². The zero-order chi connectivity index (χ0) is 13.7. The first-order valence-electron chi connectivity index (χ1n) is 6.59. The molecule has 0 saturated carbocycles. The average Bonchev–Trinajstić information content (AvgIpc) is 2.35. The van der Waals surface area contributed by atoms with E-state index in [0.29, 0.717) is 12.1 Å². The quantitative estimate of drug-likeness (QED) is 0.835. The summed E-state index contributed by atoms with van der Waals surface area (Å²) >= 11 is 0. The molecule has 1 N–H and O–H groups in total. The molecule has 2 unspecified atom stereocenters.